The van der Waals surface area contributed by atoms with E-state index in [1.165, 1.54) is 16.4 Å². The summed E-state index contributed by atoms with van der Waals surface area (Å²) >= 11 is 1.63. The molecule has 1 saturated heterocycles. The molecule has 8 heteroatoms. The summed E-state index contributed by atoms with van der Waals surface area (Å²) in [6.07, 6.45) is 3.37. The minimum atomic E-state index is -3.73. The van der Waals surface area contributed by atoms with Crippen LogP contribution in [0.3, 0.4) is 0 Å². The van der Waals surface area contributed by atoms with Gasteiger partial charge in [0.2, 0.25) is 15.9 Å². The average molecular weight is 423 g/mol. The number of amides is 1. The minimum Gasteiger partial charge on any atom is -0.334 e. The maximum absolute atomic E-state index is 13.2. The van der Waals surface area contributed by atoms with E-state index in [1.807, 2.05) is 22.4 Å². The first kappa shape index (κ1) is 19.5. The lowest BCUT2D eigenvalue weighted by molar-refractivity contribution is -0.137. The van der Waals surface area contributed by atoms with Crippen LogP contribution < -0.4 is 0 Å². The number of hydrogen-bond donors (Lipinski definition) is 0. The largest absolute Gasteiger partial charge is 0.334 e. The summed E-state index contributed by atoms with van der Waals surface area (Å²) in [5, 5.41) is 2.00. The van der Waals surface area contributed by atoms with Gasteiger partial charge in [0.1, 0.15) is 5.82 Å². The van der Waals surface area contributed by atoms with Crippen molar-refractivity contribution in [3.63, 3.8) is 0 Å². The maximum atomic E-state index is 13.2. The van der Waals surface area contributed by atoms with Crippen molar-refractivity contribution in [2.45, 2.75) is 43.2 Å². The number of benzene rings is 1. The van der Waals surface area contributed by atoms with Gasteiger partial charge in [-0.25, -0.2) is 12.8 Å². The molecule has 2 heterocycles. The fourth-order valence-electron chi connectivity index (χ4n) is 3.70. The van der Waals surface area contributed by atoms with Crippen molar-refractivity contribution in [3.8, 4) is 0 Å². The Bertz CT molecular complexity index is 925. The maximum Gasteiger partial charge on any atom is 0.243 e. The Hall–Kier alpha value is -1.77. The van der Waals surface area contributed by atoms with Crippen molar-refractivity contribution in [3.05, 3.63) is 52.5 Å². The van der Waals surface area contributed by atoms with E-state index in [2.05, 4.69) is 0 Å². The van der Waals surface area contributed by atoms with E-state index < -0.39 is 15.8 Å². The van der Waals surface area contributed by atoms with Gasteiger partial charge in [0.25, 0.3) is 0 Å². The number of thiophene rings is 1. The Morgan fingerprint density at radius 1 is 1.18 bits per heavy atom. The summed E-state index contributed by atoms with van der Waals surface area (Å²) in [6.45, 7) is 1.17. The van der Waals surface area contributed by atoms with Gasteiger partial charge in [0, 0.05) is 24.0 Å². The molecule has 1 atom stereocenters. The molecule has 1 aromatic heterocycles. The highest BCUT2D eigenvalue weighted by Crippen LogP contribution is 2.33. The van der Waals surface area contributed by atoms with Crippen molar-refractivity contribution in [1.82, 2.24) is 9.21 Å². The first-order chi connectivity index (χ1) is 13.4. The van der Waals surface area contributed by atoms with Gasteiger partial charge < -0.3 is 4.90 Å². The molecule has 150 valence electrons. The zero-order valence-corrected chi connectivity index (χ0v) is 17.1. The van der Waals surface area contributed by atoms with E-state index in [0.29, 0.717) is 25.9 Å². The average Bonchev–Trinajstić information content (AvgIpc) is 3.41. The SMILES string of the molecule is O=C([C@H]1CCCN(S(=O)(=O)c2ccc(F)cc2)C1)N(Cc1cccs1)C1CC1. The lowest BCUT2D eigenvalue weighted by Crippen LogP contribution is -2.47. The fraction of sp³-hybridized carbons (Fsp3) is 0.450. The van der Waals surface area contributed by atoms with Crippen LogP contribution in [0, 0.1) is 11.7 Å². The Labute approximate surface area is 168 Å². The molecule has 0 unspecified atom stereocenters. The standard InChI is InChI=1S/C20H23FN2O3S2/c21-16-5-9-19(10-6-16)28(25,26)22-11-1-3-15(13-22)20(24)23(17-7-8-17)14-18-4-2-12-27-18/h2,4-6,9-10,12,15,17H,1,3,7-8,11,13-14H2/t15-/m0/s1. The third-order valence-electron chi connectivity index (χ3n) is 5.36. The van der Waals surface area contributed by atoms with Crippen LogP contribution in [0.15, 0.2) is 46.7 Å². The zero-order valence-electron chi connectivity index (χ0n) is 15.5. The molecule has 2 fully saturated rings. The molecular formula is C20H23FN2O3S2. The van der Waals surface area contributed by atoms with E-state index in [0.717, 1.165) is 29.9 Å². The summed E-state index contributed by atoms with van der Waals surface area (Å²) in [5.74, 6) is -0.751. The number of nitrogens with zero attached hydrogens (tertiary/aromatic N) is 2. The second-order valence-corrected chi connectivity index (χ2v) is 10.4. The van der Waals surface area contributed by atoms with Crippen molar-refractivity contribution < 1.29 is 17.6 Å². The van der Waals surface area contributed by atoms with Crippen LogP contribution in [0.5, 0.6) is 0 Å². The summed E-state index contributed by atoms with van der Waals surface area (Å²) < 4.78 is 40.4. The van der Waals surface area contributed by atoms with Crippen molar-refractivity contribution >= 4 is 27.3 Å². The number of sulfonamides is 1. The Morgan fingerprint density at radius 3 is 2.57 bits per heavy atom. The zero-order chi connectivity index (χ0) is 19.7. The van der Waals surface area contributed by atoms with Gasteiger partial charge in [-0.1, -0.05) is 6.07 Å². The number of rotatable bonds is 6. The van der Waals surface area contributed by atoms with Gasteiger partial charge in [-0.3, -0.25) is 4.79 Å². The molecule has 0 radical (unpaired) electrons. The molecule has 2 aliphatic rings. The number of halogens is 1. The number of hydrogen-bond acceptors (Lipinski definition) is 4. The molecular weight excluding hydrogens is 399 g/mol. The van der Waals surface area contributed by atoms with E-state index in [-0.39, 0.29) is 29.3 Å². The van der Waals surface area contributed by atoms with E-state index in [4.69, 9.17) is 0 Å². The molecule has 0 spiro atoms. The van der Waals surface area contributed by atoms with Gasteiger partial charge in [-0.15, -0.1) is 11.3 Å². The van der Waals surface area contributed by atoms with E-state index >= 15 is 0 Å². The Kier molecular flexibility index (Phi) is 5.53. The molecule has 1 aliphatic carbocycles. The highest BCUT2D eigenvalue weighted by atomic mass is 32.2. The van der Waals surface area contributed by atoms with Crippen LogP contribution in [0.2, 0.25) is 0 Å². The molecule has 1 aliphatic heterocycles. The minimum absolute atomic E-state index is 0.0508. The summed E-state index contributed by atoms with van der Waals surface area (Å²) in [7, 11) is -3.73. The number of carbonyl (C=O) groups is 1. The smallest absolute Gasteiger partial charge is 0.243 e. The lowest BCUT2D eigenvalue weighted by atomic mass is 9.98. The van der Waals surface area contributed by atoms with Gasteiger partial charge in [-0.2, -0.15) is 4.31 Å². The molecule has 0 N–H and O–H groups in total. The molecule has 28 heavy (non-hydrogen) atoms. The fourth-order valence-corrected chi connectivity index (χ4v) is 5.92. The second-order valence-electron chi connectivity index (χ2n) is 7.43. The highest BCUT2D eigenvalue weighted by Gasteiger charge is 2.39. The van der Waals surface area contributed by atoms with Crippen LogP contribution in [0.25, 0.3) is 0 Å². The predicted molar refractivity (Wildman–Crippen MR) is 106 cm³/mol. The van der Waals surface area contributed by atoms with Gasteiger partial charge in [0.15, 0.2) is 0 Å². The van der Waals surface area contributed by atoms with Gasteiger partial charge in [-0.05, 0) is 61.4 Å². The molecule has 0 bridgehead atoms. The monoisotopic (exact) mass is 422 g/mol. The molecule has 5 nitrogen and oxygen atoms in total. The number of piperidine rings is 1. The summed E-state index contributed by atoms with van der Waals surface area (Å²) in [4.78, 5) is 16.4. The van der Waals surface area contributed by atoms with E-state index in [1.54, 1.807) is 11.3 Å². The normalized spacial score (nSPS) is 20.8. The van der Waals surface area contributed by atoms with E-state index in [9.17, 15) is 17.6 Å². The van der Waals surface area contributed by atoms with Crippen LogP contribution in [-0.2, 0) is 21.4 Å². The summed E-state index contributed by atoms with van der Waals surface area (Å²) in [5.41, 5.74) is 0. The quantitative estimate of drug-likeness (QED) is 0.716. The second kappa shape index (κ2) is 7.93. The molecule has 2 aromatic rings. The van der Waals surface area contributed by atoms with Crippen molar-refractivity contribution in [2.75, 3.05) is 13.1 Å². The molecule has 1 amide bonds. The number of carbonyl (C=O) groups excluding carboxylic acids is 1. The van der Waals surface area contributed by atoms with Crippen LogP contribution >= 0.6 is 11.3 Å². The summed E-state index contributed by atoms with van der Waals surface area (Å²) in [6, 6.07) is 9.14. The molecule has 1 saturated carbocycles. The van der Waals surface area contributed by atoms with Crippen molar-refractivity contribution in [2.24, 2.45) is 5.92 Å². The van der Waals surface area contributed by atoms with Gasteiger partial charge in [0.05, 0.1) is 17.4 Å². The first-order valence-electron chi connectivity index (χ1n) is 9.54. The van der Waals surface area contributed by atoms with Crippen LogP contribution in [0.1, 0.15) is 30.6 Å². The van der Waals surface area contributed by atoms with Gasteiger partial charge >= 0.3 is 0 Å². The lowest BCUT2D eigenvalue weighted by Gasteiger charge is -2.34. The Morgan fingerprint density at radius 2 is 1.93 bits per heavy atom. The van der Waals surface area contributed by atoms with Crippen LogP contribution in [-0.4, -0.2) is 42.7 Å². The molecule has 4 rings (SSSR count). The molecule has 1 aromatic carbocycles. The first-order valence-corrected chi connectivity index (χ1v) is 11.9. The third-order valence-corrected chi connectivity index (χ3v) is 8.10. The third kappa shape index (κ3) is 4.14. The van der Waals surface area contributed by atoms with Crippen LogP contribution in [0.4, 0.5) is 4.39 Å². The van der Waals surface area contributed by atoms with Crippen molar-refractivity contribution in [1.29, 1.82) is 0 Å². The topological polar surface area (TPSA) is 57.7 Å². The Balaban J connectivity index is 1.49. The predicted octanol–water partition coefficient (Wildman–Crippen LogP) is 3.48. The highest BCUT2D eigenvalue weighted by molar-refractivity contribution is 7.89.